The highest BCUT2D eigenvalue weighted by Gasteiger charge is 2.40. The molecular weight excluding hydrogens is 352 g/mol. The van der Waals surface area contributed by atoms with Crippen LogP contribution in [0.5, 0.6) is 11.5 Å². The van der Waals surface area contributed by atoms with Crippen LogP contribution in [0.25, 0.3) is 0 Å². The van der Waals surface area contributed by atoms with Gasteiger partial charge < -0.3 is 19.7 Å². The summed E-state index contributed by atoms with van der Waals surface area (Å²) in [5.74, 6) is 1.75. The predicted molar refractivity (Wildman–Crippen MR) is 109 cm³/mol. The maximum Gasteiger partial charge on any atom is 0.253 e. The largest absolute Gasteiger partial charge is 0.497 e. The number of carbonyl (C=O) groups is 1. The number of para-hydroxylation sites is 1. The molecule has 1 fully saturated rings. The molecule has 0 unspecified atom stereocenters. The van der Waals surface area contributed by atoms with Crippen molar-refractivity contribution in [2.45, 2.75) is 43.9 Å². The Kier molecular flexibility index (Phi) is 5.27. The van der Waals surface area contributed by atoms with Crippen molar-refractivity contribution in [3.05, 3.63) is 59.7 Å². The molecule has 1 aliphatic carbocycles. The molecule has 0 radical (unpaired) electrons. The zero-order chi connectivity index (χ0) is 19.6. The number of hydrogen-bond acceptors (Lipinski definition) is 4. The van der Waals surface area contributed by atoms with Crippen molar-refractivity contribution in [1.29, 1.82) is 0 Å². The number of benzene rings is 2. The lowest BCUT2D eigenvalue weighted by Crippen LogP contribution is -2.51. The second-order valence-corrected chi connectivity index (χ2v) is 7.88. The molecule has 0 atom stereocenters. The van der Waals surface area contributed by atoms with Crippen LogP contribution < -0.4 is 14.8 Å². The molecule has 5 nitrogen and oxygen atoms in total. The maximum atomic E-state index is 12.9. The van der Waals surface area contributed by atoms with Gasteiger partial charge in [-0.25, -0.2) is 0 Å². The normalized spacial score (nSPS) is 24.0. The van der Waals surface area contributed by atoms with E-state index in [-0.39, 0.29) is 17.6 Å². The summed E-state index contributed by atoms with van der Waals surface area (Å²) in [6.07, 6.45) is 3.76. The summed E-state index contributed by atoms with van der Waals surface area (Å²) in [7, 11) is 3.53. The van der Waals surface area contributed by atoms with Gasteiger partial charge in [-0.15, -0.1) is 0 Å². The number of rotatable bonds is 3. The van der Waals surface area contributed by atoms with Crippen molar-refractivity contribution in [2.75, 3.05) is 20.7 Å². The highest BCUT2D eigenvalue weighted by atomic mass is 16.5. The standard InChI is InChI=1S/C23H28N2O3/c1-25(22(26)17-7-5-8-20(14-17)27-2)19-10-12-23(13-11-19)16-24-15-18-6-3-4-9-21(18)28-23/h3-9,14,19,24H,10-13,15-16H2,1-2H3. The first-order chi connectivity index (χ1) is 13.6. The number of fused-ring (bicyclic) bond motifs is 1. The fourth-order valence-electron chi connectivity index (χ4n) is 4.36. The Balaban J connectivity index is 1.43. The van der Waals surface area contributed by atoms with Gasteiger partial charge in [0.05, 0.1) is 7.11 Å². The van der Waals surface area contributed by atoms with E-state index in [1.807, 2.05) is 36.2 Å². The smallest absolute Gasteiger partial charge is 0.253 e. The predicted octanol–water partition coefficient (Wildman–Crippen LogP) is 3.63. The quantitative estimate of drug-likeness (QED) is 0.883. The van der Waals surface area contributed by atoms with Crippen LogP contribution in [-0.2, 0) is 6.54 Å². The summed E-state index contributed by atoms with van der Waals surface area (Å²) >= 11 is 0. The van der Waals surface area contributed by atoms with Crippen LogP contribution in [0, 0.1) is 0 Å². The van der Waals surface area contributed by atoms with Gasteiger partial charge >= 0.3 is 0 Å². The topological polar surface area (TPSA) is 50.8 Å². The fraction of sp³-hybridized carbons (Fsp3) is 0.435. The minimum absolute atomic E-state index is 0.0464. The third kappa shape index (κ3) is 3.72. The van der Waals surface area contributed by atoms with E-state index in [0.29, 0.717) is 11.3 Å². The molecule has 4 rings (SSSR count). The zero-order valence-corrected chi connectivity index (χ0v) is 16.6. The first-order valence-electron chi connectivity index (χ1n) is 9.99. The summed E-state index contributed by atoms with van der Waals surface area (Å²) in [5.41, 5.74) is 1.71. The molecule has 148 valence electrons. The van der Waals surface area contributed by atoms with Crippen LogP contribution in [0.3, 0.4) is 0 Å². The highest BCUT2D eigenvalue weighted by molar-refractivity contribution is 5.94. The average Bonchev–Trinajstić information content (AvgIpc) is 2.92. The third-order valence-corrected chi connectivity index (χ3v) is 6.11. The third-order valence-electron chi connectivity index (χ3n) is 6.11. The van der Waals surface area contributed by atoms with E-state index < -0.39 is 0 Å². The van der Waals surface area contributed by atoms with Crippen LogP contribution >= 0.6 is 0 Å². The number of ether oxygens (including phenoxy) is 2. The molecule has 1 aliphatic heterocycles. The van der Waals surface area contributed by atoms with Gasteiger partial charge in [0, 0.05) is 37.3 Å². The number of carbonyl (C=O) groups excluding carboxylic acids is 1. The van der Waals surface area contributed by atoms with Crippen molar-refractivity contribution in [2.24, 2.45) is 0 Å². The molecule has 2 aromatic rings. The molecule has 0 aromatic heterocycles. The molecule has 0 bridgehead atoms. The molecule has 1 heterocycles. The number of amides is 1. The van der Waals surface area contributed by atoms with Gasteiger partial charge in [0.1, 0.15) is 17.1 Å². The van der Waals surface area contributed by atoms with Crippen molar-refractivity contribution in [1.82, 2.24) is 10.2 Å². The molecule has 1 amide bonds. The second kappa shape index (κ2) is 7.84. The van der Waals surface area contributed by atoms with Gasteiger partial charge in [-0.2, -0.15) is 0 Å². The van der Waals surface area contributed by atoms with Crippen LogP contribution in [0.4, 0.5) is 0 Å². The molecule has 2 aromatic carbocycles. The Morgan fingerprint density at radius 1 is 1.18 bits per heavy atom. The first kappa shape index (κ1) is 18.8. The second-order valence-electron chi connectivity index (χ2n) is 7.88. The summed E-state index contributed by atoms with van der Waals surface area (Å²) < 4.78 is 11.8. The number of nitrogens with zero attached hydrogens (tertiary/aromatic N) is 1. The van der Waals surface area contributed by atoms with E-state index in [2.05, 4.69) is 23.5 Å². The number of methoxy groups -OCH3 is 1. The lowest BCUT2D eigenvalue weighted by molar-refractivity contribution is 0.0102. The van der Waals surface area contributed by atoms with Gasteiger partial charge in [0.2, 0.25) is 0 Å². The average molecular weight is 380 g/mol. The minimum Gasteiger partial charge on any atom is -0.497 e. The van der Waals surface area contributed by atoms with Gasteiger partial charge in [-0.05, 0) is 49.9 Å². The minimum atomic E-state index is -0.178. The molecule has 28 heavy (non-hydrogen) atoms. The molecule has 1 spiro atoms. The van der Waals surface area contributed by atoms with E-state index in [0.717, 1.165) is 44.5 Å². The summed E-state index contributed by atoms with van der Waals surface area (Å²) in [4.78, 5) is 14.8. The van der Waals surface area contributed by atoms with Crippen molar-refractivity contribution >= 4 is 5.91 Å². The summed E-state index contributed by atoms with van der Waals surface area (Å²) in [6, 6.07) is 15.9. The Labute approximate surface area is 166 Å². The molecule has 1 saturated carbocycles. The fourth-order valence-corrected chi connectivity index (χ4v) is 4.36. The highest BCUT2D eigenvalue weighted by Crippen LogP contribution is 2.37. The van der Waals surface area contributed by atoms with Gasteiger partial charge in [-0.3, -0.25) is 4.79 Å². The van der Waals surface area contributed by atoms with Crippen LogP contribution in [0.1, 0.15) is 41.6 Å². The Bertz CT molecular complexity index is 843. The number of nitrogens with one attached hydrogen (secondary N) is 1. The molecular formula is C23H28N2O3. The summed E-state index contributed by atoms with van der Waals surface area (Å²) in [6.45, 7) is 1.69. The van der Waals surface area contributed by atoms with E-state index in [1.54, 1.807) is 13.2 Å². The van der Waals surface area contributed by atoms with Crippen molar-refractivity contribution in [3.63, 3.8) is 0 Å². The zero-order valence-electron chi connectivity index (χ0n) is 16.6. The maximum absolute atomic E-state index is 12.9. The Morgan fingerprint density at radius 2 is 1.96 bits per heavy atom. The lowest BCUT2D eigenvalue weighted by atomic mass is 9.81. The lowest BCUT2D eigenvalue weighted by Gasteiger charge is -2.42. The Morgan fingerprint density at radius 3 is 2.75 bits per heavy atom. The molecule has 5 heteroatoms. The molecule has 0 saturated heterocycles. The van der Waals surface area contributed by atoms with Crippen molar-refractivity contribution in [3.8, 4) is 11.5 Å². The van der Waals surface area contributed by atoms with E-state index >= 15 is 0 Å². The SMILES string of the molecule is COc1cccc(C(=O)N(C)C2CCC3(CC2)CNCc2ccccc2O3)c1. The van der Waals surface area contributed by atoms with Gasteiger partial charge in [0.15, 0.2) is 0 Å². The summed E-state index contributed by atoms with van der Waals surface area (Å²) in [5, 5.41) is 3.55. The van der Waals surface area contributed by atoms with E-state index in [9.17, 15) is 4.79 Å². The number of hydrogen-bond donors (Lipinski definition) is 1. The van der Waals surface area contributed by atoms with Crippen molar-refractivity contribution < 1.29 is 14.3 Å². The van der Waals surface area contributed by atoms with Crippen LogP contribution in [0.15, 0.2) is 48.5 Å². The van der Waals surface area contributed by atoms with Crippen LogP contribution in [0.2, 0.25) is 0 Å². The van der Waals surface area contributed by atoms with E-state index in [1.165, 1.54) is 5.56 Å². The monoisotopic (exact) mass is 380 g/mol. The molecule has 1 N–H and O–H groups in total. The van der Waals surface area contributed by atoms with Crippen LogP contribution in [-0.4, -0.2) is 43.2 Å². The first-order valence-corrected chi connectivity index (χ1v) is 9.99. The van der Waals surface area contributed by atoms with Gasteiger partial charge in [-0.1, -0.05) is 24.3 Å². The molecule has 2 aliphatic rings. The van der Waals surface area contributed by atoms with E-state index in [4.69, 9.17) is 9.47 Å². The van der Waals surface area contributed by atoms with Gasteiger partial charge in [0.25, 0.3) is 5.91 Å². The Hall–Kier alpha value is -2.53.